The fraction of sp³-hybridized carbons (Fsp3) is 0.400. The predicted molar refractivity (Wildman–Crippen MR) is 98.6 cm³/mol. The molecule has 1 aliphatic rings. The molecule has 0 spiro atoms. The lowest BCUT2D eigenvalue weighted by Gasteiger charge is -2.20. The number of benzene rings is 1. The van der Waals surface area contributed by atoms with Crippen LogP contribution in [0, 0.1) is 0 Å². The van der Waals surface area contributed by atoms with E-state index in [0.29, 0.717) is 13.1 Å². The van der Waals surface area contributed by atoms with Gasteiger partial charge in [-0.3, -0.25) is 14.7 Å². The van der Waals surface area contributed by atoms with Gasteiger partial charge in [0.05, 0.1) is 18.3 Å². The second-order valence-electron chi connectivity index (χ2n) is 6.61. The van der Waals surface area contributed by atoms with Gasteiger partial charge in [0.25, 0.3) is 0 Å². The zero-order chi connectivity index (χ0) is 18.4. The highest BCUT2D eigenvalue weighted by Crippen LogP contribution is 2.21. The lowest BCUT2D eigenvalue weighted by Crippen LogP contribution is -2.29. The molecule has 0 saturated carbocycles. The van der Waals surface area contributed by atoms with Crippen LogP contribution < -0.4 is 10.1 Å². The van der Waals surface area contributed by atoms with Gasteiger partial charge in [0.1, 0.15) is 11.9 Å². The fourth-order valence-electron chi connectivity index (χ4n) is 3.12. The summed E-state index contributed by atoms with van der Waals surface area (Å²) in [7, 11) is 0. The standard InChI is InChI=1S/C20H25N3O3/c1-15(24)22-12-17-11-18(7-9-21-17)26-19-8-10-23(13-19)14-20(25)16-5-3-2-4-6-16/h2-7,9,11,19-20,25H,8,10,12-14H2,1H3,(H,22,24). The largest absolute Gasteiger partial charge is 0.489 e. The summed E-state index contributed by atoms with van der Waals surface area (Å²) in [5.41, 5.74) is 1.71. The number of aliphatic hydroxyl groups is 1. The molecule has 2 unspecified atom stereocenters. The number of likely N-dealkylation sites (tertiary alicyclic amines) is 1. The molecule has 1 aliphatic heterocycles. The lowest BCUT2D eigenvalue weighted by molar-refractivity contribution is -0.119. The summed E-state index contributed by atoms with van der Waals surface area (Å²) in [5, 5.41) is 13.1. The average Bonchev–Trinajstić information content (AvgIpc) is 3.08. The van der Waals surface area contributed by atoms with E-state index in [2.05, 4.69) is 15.2 Å². The number of nitrogens with zero attached hydrogens (tertiary/aromatic N) is 2. The Balaban J connectivity index is 1.50. The Morgan fingerprint density at radius 1 is 1.38 bits per heavy atom. The van der Waals surface area contributed by atoms with E-state index in [1.807, 2.05) is 42.5 Å². The molecule has 2 heterocycles. The van der Waals surface area contributed by atoms with Gasteiger partial charge >= 0.3 is 0 Å². The van der Waals surface area contributed by atoms with Crippen LogP contribution in [-0.2, 0) is 11.3 Å². The van der Waals surface area contributed by atoms with E-state index in [4.69, 9.17) is 4.74 Å². The van der Waals surface area contributed by atoms with Crippen molar-refractivity contribution in [3.63, 3.8) is 0 Å². The third-order valence-corrected chi connectivity index (χ3v) is 4.45. The fourth-order valence-corrected chi connectivity index (χ4v) is 3.12. The van der Waals surface area contributed by atoms with Crippen LogP contribution in [0.25, 0.3) is 0 Å². The molecule has 26 heavy (non-hydrogen) atoms. The smallest absolute Gasteiger partial charge is 0.217 e. The molecule has 1 aromatic carbocycles. The minimum atomic E-state index is -0.486. The highest BCUT2D eigenvalue weighted by atomic mass is 16.5. The number of rotatable bonds is 7. The first-order valence-corrected chi connectivity index (χ1v) is 8.91. The normalized spacial score (nSPS) is 18.5. The van der Waals surface area contributed by atoms with E-state index in [1.165, 1.54) is 6.92 Å². The van der Waals surface area contributed by atoms with Crippen LogP contribution in [0.5, 0.6) is 5.75 Å². The second kappa shape index (κ2) is 8.78. The summed E-state index contributed by atoms with van der Waals surface area (Å²) in [4.78, 5) is 17.5. The third-order valence-electron chi connectivity index (χ3n) is 4.45. The van der Waals surface area contributed by atoms with Crippen molar-refractivity contribution < 1.29 is 14.6 Å². The number of hydrogen-bond acceptors (Lipinski definition) is 5. The Morgan fingerprint density at radius 3 is 2.96 bits per heavy atom. The van der Waals surface area contributed by atoms with Crippen LogP contribution >= 0.6 is 0 Å². The molecule has 1 aromatic heterocycles. The Kier molecular flexibility index (Phi) is 6.20. The second-order valence-corrected chi connectivity index (χ2v) is 6.61. The Bertz CT molecular complexity index is 723. The van der Waals surface area contributed by atoms with Crippen molar-refractivity contribution in [1.82, 2.24) is 15.2 Å². The van der Waals surface area contributed by atoms with Crippen molar-refractivity contribution in [3.8, 4) is 5.75 Å². The Hall–Kier alpha value is -2.44. The van der Waals surface area contributed by atoms with Gasteiger partial charge in [-0.2, -0.15) is 0 Å². The maximum Gasteiger partial charge on any atom is 0.217 e. The van der Waals surface area contributed by atoms with Crippen LogP contribution in [0.3, 0.4) is 0 Å². The van der Waals surface area contributed by atoms with Gasteiger partial charge in [0.15, 0.2) is 0 Å². The number of aromatic nitrogens is 1. The minimum Gasteiger partial charge on any atom is -0.489 e. The molecule has 1 fully saturated rings. The summed E-state index contributed by atoms with van der Waals surface area (Å²) in [5.74, 6) is 0.678. The number of carbonyl (C=O) groups is 1. The first kappa shape index (κ1) is 18.4. The molecule has 6 heteroatoms. The van der Waals surface area contributed by atoms with Gasteiger partial charge in [-0.25, -0.2) is 0 Å². The van der Waals surface area contributed by atoms with E-state index in [9.17, 15) is 9.90 Å². The third kappa shape index (κ3) is 5.28. The highest BCUT2D eigenvalue weighted by molar-refractivity contribution is 5.72. The Labute approximate surface area is 153 Å². The van der Waals surface area contributed by atoms with Crippen molar-refractivity contribution in [2.45, 2.75) is 32.1 Å². The first-order chi connectivity index (χ1) is 12.6. The Morgan fingerprint density at radius 2 is 2.19 bits per heavy atom. The minimum absolute atomic E-state index is 0.0819. The van der Waals surface area contributed by atoms with Crippen molar-refractivity contribution in [3.05, 3.63) is 59.9 Å². The maximum atomic E-state index is 11.0. The zero-order valence-corrected chi connectivity index (χ0v) is 15.0. The van der Waals surface area contributed by atoms with Gasteiger partial charge in [-0.15, -0.1) is 0 Å². The van der Waals surface area contributed by atoms with Crippen LogP contribution in [0.1, 0.15) is 30.7 Å². The maximum absolute atomic E-state index is 11.0. The summed E-state index contributed by atoms with van der Waals surface area (Å²) >= 11 is 0. The molecule has 1 saturated heterocycles. The molecule has 2 N–H and O–H groups in total. The summed E-state index contributed by atoms with van der Waals surface area (Å²) in [6.07, 6.45) is 2.22. The molecule has 1 amide bonds. The van der Waals surface area contributed by atoms with Crippen molar-refractivity contribution in [1.29, 1.82) is 0 Å². The molecule has 138 valence electrons. The van der Waals surface area contributed by atoms with Gasteiger partial charge in [-0.05, 0) is 18.1 Å². The van der Waals surface area contributed by atoms with Crippen molar-refractivity contribution in [2.75, 3.05) is 19.6 Å². The summed E-state index contributed by atoms with van der Waals surface area (Å²) < 4.78 is 6.06. The number of carbonyl (C=O) groups excluding carboxylic acids is 1. The van der Waals surface area contributed by atoms with E-state index in [1.54, 1.807) is 6.20 Å². The first-order valence-electron chi connectivity index (χ1n) is 8.91. The van der Waals surface area contributed by atoms with Gasteiger partial charge in [-0.1, -0.05) is 30.3 Å². The van der Waals surface area contributed by atoms with Crippen LogP contribution in [0.2, 0.25) is 0 Å². The SMILES string of the molecule is CC(=O)NCc1cc(OC2CCN(CC(O)c3ccccc3)C2)ccn1. The van der Waals surface area contributed by atoms with E-state index in [-0.39, 0.29) is 12.0 Å². The van der Waals surface area contributed by atoms with E-state index >= 15 is 0 Å². The molecule has 2 atom stereocenters. The number of amides is 1. The highest BCUT2D eigenvalue weighted by Gasteiger charge is 2.26. The van der Waals surface area contributed by atoms with E-state index in [0.717, 1.165) is 36.5 Å². The number of pyridine rings is 1. The molecule has 0 aliphatic carbocycles. The quantitative estimate of drug-likeness (QED) is 0.794. The molecule has 3 rings (SSSR count). The topological polar surface area (TPSA) is 74.7 Å². The number of aliphatic hydroxyl groups excluding tert-OH is 1. The molecule has 2 aromatic rings. The number of β-amino-alcohol motifs (C(OH)–C–C–N with tert-alkyl or cyclic N) is 1. The van der Waals surface area contributed by atoms with Crippen LogP contribution in [0.15, 0.2) is 48.7 Å². The molecule has 0 bridgehead atoms. The molecule has 6 nitrogen and oxygen atoms in total. The monoisotopic (exact) mass is 355 g/mol. The zero-order valence-electron chi connectivity index (χ0n) is 15.0. The van der Waals surface area contributed by atoms with Crippen molar-refractivity contribution in [2.24, 2.45) is 0 Å². The number of hydrogen-bond donors (Lipinski definition) is 2. The van der Waals surface area contributed by atoms with Gasteiger partial charge in [0, 0.05) is 38.8 Å². The number of ether oxygens (including phenoxy) is 1. The van der Waals surface area contributed by atoms with Crippen LogP contribution in [-0.4, -0.2) is 46.6 Å². The molecule has 0 radical (unpaired) electrons. The molecular weight excluding hydrogens is 330 g/mol. The van der Waals surface area contributed by atoms with Gasteiger partial charge < -0.3 is 15.2 Å². The average molecular weight is 355 g/mol. The predicted octanol–water partition coefficient (Wildman–Crippen LogP) is 1.90. The van der Waals surface area contributed by atoms with Crippen molar-refractivity contribution >= 4 is 5.91 Å². The number of nitrogens with one attached hydrogen (secondary N) is 1. The van der Waals surface area contributed by atoms with Crippen LogP contribution in [0.4, 0.5) is 0 Å². The van der Waals surface area contributed by atoms with Gasteiger partial charge in [0.2, 0.25) is 5.91 Å². The summed E-state index contributed by atoms with van der Waals surface area (Å²) in [6.45, 7) is 4.17. The van der Waals surface area contributed by atoms with E-state index < -0.39 is 6.10 Å². The molecular formula is C20H25N3O3. The lowest BCUT2D eigenvalue weighted by atomic mass is 10.1. The summed E-state index contributed by atoms with van der Waals surface area (Å²) in [6, 6.07) is 13.4.